The number of benzene rings is 2. The van der Waals surface area contributed by atoms with Crippen LogP contribution in [-0.4, -0.2) is 31.4 Å². The minimum atomic E-state index is -0.590. The van der Waals surface area contributed by atoms with Crippen molar-refractivity contribution < 1.29 is 23.9 Å². The van der Waals surface area contributed by atoms with Crippen molar-refractivity contribution in [3.05, 3.63) is 59.2 Å². The molecule has 142 valence electrons. The third-order valence-electron chi connectivity index (χ3n) is 4.10. The number of anilines is 1. The number of aryl methyl sites for hydroxylation is 2. The normalized spacial score (nSPS) is 10.2. The van der Waals surface area contributed by atoms with Crippen LogP contribution in [0.3, 0.4) is 0 Å². The van der Waals surface area contributed by atoms with E-state index in [2.05, 4.69) is 5.32 Å². The minimum absolute atomic E-state index is 0.0405. The Morgan fingerprint density at radius 2 is 1.74 bits per heavy atom. The van der Waals surface area contributed by atoms with Crippen molar-refractivity contribution in [3.8, 4) is 5.75 Å². The fourth-order valence-electron chi connectivity index (χ4n) is 2.39. The summed E-state index contributed by atoms with van der Waals surface area (Å²) in [6.45, 7) is 3.49. The lowest BCUT2D eigenvalue weighted by Crippen LogP contribution is -2.21. The molecule has 0 fully saturated rings. The molecule has 0 aliphatic heterocycles. The number of methoxy groups -OCH3 is 1. The molecule has 27 heavy (non-hydrogen) atoms. The van der Waals surface area contributed by atoms with Crippen LogP contribution in [-0.2, 0) is 14.3 Å². The van der Waals surface area contributed by atoms with Crippen LogP contribution in [0.2, 0.25) is 0 Å². The Labute approximate surface area is 158 Å². The molecule has 0 atom stereocenters. The van der Waals surface area contributed by atoms with E-state index in [-0.39, 0.29) is 18.6 Å². The number of hydrogen-bond acceptors (Lipinski definition) is 5. The van der Waals surface area contributed by atoms with Crippen LogP contribution < -0.4 is 10.1 Å². The van der Waals surface area contributed by atoms with Gasteiger partial charge in [-0.2, -0.15) is 0 Å². The number of Topliss-reactive ketones (excluding diaryl/α,β-unsaturated/α-hetero) is 1. The lowest BCUT2D eigenvalue weighted by Gasteiger charge is -2.08. The second-order valence-corrected chi connectivity index (χ2v) is 6.16. The summed E-state index contributed by atoms with van der Waals surface area (Å²) in [6, 6.07) is 12.3. The molecule has 0 spiro atoms. The van der Waals surface area contributed by atoms with Gasteiger partial charge >= 0.3 is 5.97 Å². The maximum atomic E-state index is 12.2. The number of amides is 1. The minimum Gasteiger partial charge on any atom is -0.497 e. The highest BCUT2D eigenvalue weighted by Crippen LogP contribution is 2.16. The molecule has 0 aliphatic carbocycles. The maximum Gasteiger partial charge on any atom is 0.306 e. The summed E-state index contributed by atoms with van der Waals surface area (Å²) < 4.78 is 10.00. The number of hydrogen-bond donors (Lipinski definition) is 1. The maximum absolute atomic E-state index is 12.2. The van der Waals surface area contributed by atoms with Gasteiger partial charge in [0.1, 0.15) is 5.75 Å². The highest BCUT2D eigenvalue weighted by molar-refractivity contribution is 5.98. The first-order valence-corrected chi connectivity index (χ1v) is 8.59. The van der Waals surface area contributed by atoms with Crippen LogP contribution in [0.1, 0.15) is 34.3 Å². The van der Waals surface area contributed by atoms with Gasteiger partial charge in [-0.05, 0) is 43.2 Å². The van der Waals surface area contributed by atoms with Gasteiger partial charge in [-0.3, -0.25) is 14.4 Å². The van der Waals surface area contributed by atoms with Crippen molar-refractivity contribution in [2.75, 3.05) is 19.0 Å². The van der Waals surface area contributed by atoms with Gasteiger partial charge in [-0.25, -0.2) is 0 Å². The van der Waals surface area contributed by atoms with Crippen molar-refractivity contribution in [2.24, 2.45) is 0 Å². The topological polar surface area (TPSA) is 81.7 Å². The number of ether oxygens (including phenoxy) is 2. The standard InChI is InChI=1S/C21H23NO5/c1-14-7-8-16(11-15(14)2)19(23)9-10-21(25)27-13-20(24)22-17-5-4-6-18(12-17)26-3/h4-8,11-12H,9-10,13H2,1-3H3,(H,22,24). The first kappa shape index (κ1) is 20.2. The largest absolute Gasteiger partial charge is 0.497 e. The molecule has 0 aliphatic rings. The quantitative estimate of drug-likeness (QED) is 0.569. The Bertz CT molecular complexity index is 844. The summed E-state index contributed by atoms with van der Waals surface area (Å²) >= 11 is 0. The third-order valence-corrected chi connectivity index (χ3v) is 4.10. The number of ketones is 1. The lowest BCUT2D eigenvalue weighted by molar-refractivity contribution is -0.147. The smallest absolute Gasteiger partial charge is 0.306 e. The highest BCUT2D eigenvalue weighted by atomic mass is 16.5. The van der Waals surface area contributed by atoms with Crippen LogP contribution in [0.15, 0.2) is 42.5 Å². The molecule has 0 heterocycles. The van der Waals surface area contributed by atoms with Gasteiger partial charge < -0.3 is 14.8 Å². The average Bonchev–Trinajstić information content (AvgIpc) is 2.66. The SMILES string of the molecule is COc1cccc(NC(=O)COC(=O)CCC(=O)c2ccc(C)c(C)c2)c1. The number of nitrogens with one attached hydrogen (secondary N) is 1. The Hall–Kier alpha value is -3.15. The van der Waals surface area contributed by atoms with Gasteiger partial charge in [0.15, 0.2) is 12.4 Å². The van der Waals surface area contributed by atoms with Crippen LogP contribution in [0.5, 0.6) is 5.75 Å². The number of carbonyl (C=O) groups excluding carboxylic acids is 3. The number of esters is 1. The number of rotatable bonds is 8. The first-order chi connectivity index (χ1) is 12.9. The van der Waals surface area contributed by atoms with Gasteiger partial charge in [0.05, 0.1) is 13.5 Å². The van der Waals surface area contributed by atoms with Crippen molar-refractivity contribution in [1.82, 2.24) is 0 Å². The lowest BCUT2D eigenvalue weighted by atomic mass is 10.0. The third kappa shape index (κ3) is 6.26. The van der Waals surface area contributed by atoms with Crippen molar-refractivity contribution in [2.45, 2.75) is 26.7 Å². The van der Waals surface area contributed by atoms with Crippen LogP contribution in [0, 0.1) is 13.8 Å². The Morgan fingerprint density at radius 1 is 0.963 bits per heavy atom. The summed E-state index contributed by atoms with van der Waals surface area (Å²) in [7, 11) is 1.53. The van der Waals surface area contributed by atoms with Gasteiger partial charge in [-0.1, -0.05) is 18.2 Å². The molecule has 0 radical (unpaired) electrons. The summed E-state index contributed by atoms with van der Waals surface area (Å²) in [5.74, 6) is -0.574. The molecule has 6 heteroatoms. The zero-order chi connectivity index (χ0) is 19.8. The molecule has 2 aromatic carbocycles. The van der Waals surface area contributed by atoms with Crippen molar-refractivity contribution >= 4 is 23.3 Å². The fraction of sp³-hybridized carbons (Fsp3) is 0.286. The zero-order valence-corrected chi connectivity index (χ0v) is 15.7. The fourth-order valence-corrected chi connectivity index (χ4v) is 2.39. The Balaban J connectivity index is 1.75. The predicted molar refractivity (Wildman–Crippen MR) is 102 cm³/mol. The van der Waals surface area contributed by atoms with E-state index >= 15 is 0 Å². The monoisotopic (exact) mass is 369 g/mol. The molecular formula is C21H23NO5. The average molecular weight is 369 g/mol. The summed E-state index contributed by atoms with van der Waals surface area (Å²) in [4.78, 5) is 35.8. The van der Waals surface area contributed by atoms with E-state index in [9.17, 15) is 14.4 Å². The van der Waals surface area contributed by atoms with Gasteiger partial charge in [0.2, 0.25) is 0 Å². The van der Waals surface area contributed by atoms with E-state index in [1.54, 1.807) is 30.3 Å². The van der Waals surface area contributed by atoms with E-state index < -0.39 is 18.5 Å². The van der Waals surface area contributed by atoms with Crippen molar-refractivity contribution in [1.29, 1.82) is 0 Å². The molecule has 0 unspecified atom stereocenters. The molecule has 6 nitrogen and oxygen atoms in total. The van der Waals surface area contributed by atoms with E-state index in [4.69, 9.17) is 9.47 Å². The molecule has 0 saturated heterocycles. The summed E-state index contributed by atoms with van der Waals surface area (Å²) in [6.07, 6.45) is -0.0307. The van der Waals surface area contributed by atoms with Gasteiger partial charge in [0.25, 0.3) is 5.91 Å². The summed E-state index contributed by atoms with van der Waals surface area (Å²) in [5.41, 5.74) is 3.24. The van der Waals surface area contributed by atoms with Crippen LogP contribution in [0.4, 0.5) is 5.69 Å². The Kier molecular flexibility index (Phi) is 7.11. The molecule has 2 aromatic rings. The van der Waals surface area contributed by atoms with E-state index in [1.165, 1.54) is 7.11 Å². The number of carbonyl (C=O) groups is 3. The zero-order valence-electron chi connectivity index (χ0n) is 15.7. The molecule has 0 bridgehead atoms. The van der Waals surface area contributed by atoms with E-state index in [1.807, 2.05) is 26.0 Å². The molecule has 0 aromatic heterocycles. The molecule has 1 amide bonds. The molecule has 2 rings (SSSR count). The van der Waals surface area contributed by atoms with Crippen LogP contribution >= 0.6 is 0 Å². The second-order valence-electron chi connectivity index (χ2n) is 6.16. The van der Waals surface area contributed by atoms with Gasteiger partial charge in [0, 0.05) is 23.7 Å². The van der Waals surface area contributed by atoms with Crippen molar-refractivity contribution in [3.63, 3.8) is 0 Å². The molecular weight excluding hydrogens is 346 g/mol. The molecule has 1 N–H and O–H groups in total. The summed E-state index contributed by atoms with van der Waals surface area (Å²) in [5, 5.41) is 2.61. The second kappa shape index (κ2) is 9.52. The first-order valence-electron chi connectivity index (χ1n) is 8.59. The predicted octanol–water partition coefficient (Wildman–Crippen LogP) is 3.46. The highest BCUT2D eigenvalue weighted by Gasteiger charge is 2.13. The Morgan fingerprint density at radius 3 is 2.44 bits per heavy atom. The molecule has 0 saturated carbocycles. The van der Waals surface area contributed by atoms with Gasteiger partial charge in [-0.15, -0.1) is 0 Å². The van der Waals surface area contributed by atoms with Crippen LogP contribution in [0.25, 0.3) is 0 Å². The van der Waals surface area contributed by atoms with E-state index in [0.717, 1.165) is 11.1 Å². The van der Waals surface area contributed by atoms with E-state index in [0.29, 0.717) is 17.0 Å².